The number of hydrogen-bond donors (Lipinski definition) is 1. The first-order valence-electron chi connectivity index (χ1n) is 5.97. The normalized spacial score (nSPS) is 23.3. The molecular formula is C12H19N3. The van der Waals surface area contributed by atoms with Gasteiger partial charge < -0.3 is 5.32 Å². The van der Waals surface area contributed by atoms with Crippen molar-refractivity contribution >= 4 is 0 Å². The largest absolute Gasteiger partial charge is 0.317 e. The third kappa shape index (κ3) is 1.19. The van der Waals surface area contributed by atoms with E-state index in [0.29, 0.717) is 5.41 Å². The highest BCUT2D eigenvalue weighted by molar-refractivity contribution is 5.38. The molecule has 0 unspecified atom stereocenters. The Morgan fingerprint density at radius 2 is 2.00 bits per heavy atom. The molecule has 0 radical (unpaired) electrons. The third-order valence-corrected chi connectivity index (χ3v) is 4.26. The van der Waals surface area contributed by atoms with E-state index < -0.39 is 0 Å². The predicted molar refractivity (Wildman–Crippen MR) is 60.0 cm³/mol. The Labute approximate surface area is 90.9 Å². The molecule has 3 heteroatoms. The molecule has 0 bridgehead atoms. The Balaban J connectivity index is 2.09. The molecule has 2 heterocycles. The number of aryl methyl sites for hydroxylation is 2. The summed E-state index contributed by atoms with van der Waals surface area (Å²) >= 11 is 0. The molecule has 1 aromatic heterocycles. The van der Waals surface area contributed by atoms with Gasteiger partial charge in [0.05, 0.1) is 5.69 Å². The van der Waals surface area contributed by atoms with Crippen LogP contribution >= 0.6 is 0 Å². The summed E-state index contributed by atoms with van der Waals surface area (Å²) < 4.78 is 2.14. The minimum absolute atomic E-state index is 0.455. The van der Waals surface area contributed by atoms with Crippen LogP contribution in [-0.4, -0.2) is 22.9 Å². The molecule has 2 aliphatic rings. The molecule has 3 nitrogen and oxygen atoms in total. The number of nitrogens with one attached hydrogen (secondary N) is 1. The van der Waals surface area contributed by atoms with Gasteiger partial charge in [-0.2, -0.15) is 5.10 Å². The van der Waals surface area contributed by atoms with Crippen molar-refractivity contribution in [3.05, 3.63) is 17.0 Å². The van der Waals surface area contributed by atoms with Gasteiger partial charge in [0, 0.05) is 18.2 Å². The van der Waals surface area contributed by atoms with Crippen molar-refractivity contribution in [3.63, 3.8) is 0 Å². The number of aromatic nitrogens is 2. The molecule has 1 aliphatic heterocycles. The first-order valence-corrected chi connectivity index (χ1v) is 5.97. The Hall–Kier alpha value is -0.830. The highest BCUT2D eigenvalue weighted by atomic mass is 15.3. The van der Waals surface area contributed by atoms with E-state index in [-0.39, 0.29) is 0 Å². The van der Waals surface area contributed by atoms with Crippen LogP contribution in [0.5, 0.6) is 0 Å². The molecule has 82 valence electrons. The molecule has 15 heavy (non-hydrogen) atoms. The maximum Gasteiger partial charge on any atom is 0.0628 e. The molecule has 1 aliphatic carbocycles. The Morgan fingerprint density at radius 3 is 2.73 bits per heavy atom. The van der Waals surface area contributed by atoms with E-state index >= 15 is 0 Å². The van der Waals surface area contributed by atoms with Gasteiger partial charge >= 0.3 is 0 Å². The van der Waals surface area contributed by atoms with Gasteiger partial charge in [0.15, 0.2) is 0 Å². The fourth-order valence-electron chi connectivity index (χ4n) is 3.54. The summed E-state index contributed by atoms with van der Waals surface area (Å²) in [4.78, 5) is 0. The zero-order valence-electron chi connectivity index (χ0n) is 9.64. The molecule has 1 aromatic rings. The Bertz CT molecular complexity index is 386. The van der Waals surface area contributed by atoms with E-state index in [0.717, 1.165) is 0 Å². The molecule has 1 saturated heterocycles. The summed E-state index contributed by atoms with van der Waals surface area (Å²) in [5.41, 5.74) is 4.79. The number of fused-ring (bicyclic) bond motifs is 2. The van der Waals surface area contributed by atoms with Gasteiger partial charge in [-0.1, -0.05) is 0 Å². The summed E-state index contributed by atoms with van der Waals surface area (Å²) in [7, 11) is 2.11. The molecule has 3 rings (SSSR count). The molecule has 0 atom stereocenters. The van der Waals surface area contributed by atoms with Crippen molar-refractivity contribution in [2.75, 3.05) is 13.1 Å². The topological polar surface area (TPSA) is 29.9 Å². The SMILES string of the molecule is Cc1nn(C)c2c1CCC21CCNCC1. The lowest BCUT2D eigenvalue weighted by Crippen LogP contribution is -2.39. The second kappa shape index (κ2) is 3.08. The van der Waals surface area contributed by atoms with Crippen LogP contribution in [0, 0.1) is 6.92 Å². The summed E-state index contributed by atoms with van der Waals surface area (Å²) in [6.45, 7) is 4.49. The van der Waals surface area contributed by atoms with E-state index in [4.69, 9.17) is 0 Å². The van der Waals surface area contributed by atoms with Crippen LogP contribution in [0.15, 0.2) is 0 Å². The number of rotatable bonds is 0. The zero-order valence-corrected chi connectivity index (χ0v) is 9.64. The minimum Gasteiger partial charge on any atom is -0.317 e. The smallest absolute Gasteiger partial charge is 0.0628 e. The van der Waals surface area contributed by atoms with Crippen LogP contribution in [0.2, 0.25) is 0 Å². The fraction of sp³-hybridized carbons (Fsp3) is 0.750. The van der Waals surface area contributed by atoms with Gasteiger partial charge in [-0.3, -0.25) is 4.68 Å². The molecule has 0 aromatic carbocycles. The maximum atomic E-state index is 4.58. The van der Waals surface area contributed by atoms with Crippen LogP contribution < -0.4 is 5.32 Å². The molecule has 0 saturated carbocycles. The first kappa shape index (κ1) is 9.40. The highest BCUT2D eigenvalue weighted by Crippen LogP contribution is 2.45. The van der Waals surface area contributed by atoms with E-state index in [1.165, 1.54) is 44.5 Å². The zero-order chi connectivity index (χ0) is 10.5. The van der Waals surface area contributed by atoms with Gasteiger partial charge in [-0.25, -0.2) is 0 Å². The van der Waals surface area contributed by atoms with Crippen molar-refractivity contribution < 1.29 is 0 Å². The molecule has 0 amide bonds. The number of piperidine rings is 1. The highest BCUT2D eigenvalue weighted by Gasteiger charge is 2.42. The molecule has 1 fully saturated rings. The number of hydrogen-bond acceptors (Lipinski definition) is 2. The van der Waals surface area contributed by atoms with E-state index in [9.17, 15) is 0 Å². The fourth-order valence-corrected chi connectivity index (χ4v) is 3.54. The first-order chi connectivity index (χ1) is 7.23. The monoisotopic (exact) mass is 205 g/mol. The predicted octanol–water partition coefficient (Wildman–Crippen LogP) is 1.30. The lowest BCUT2D eigenvalue weighted by atomic mass is 9.77. The summed E-state index contributed by atoms with van der Waals surface area (Å²) in [5.74, 6) is 0. The number of nitrogens with zero attached hydrogens (tertiary/aromatic N) is 2. The van der Waals surface area contributed by atoms with E-state index in [1.807, 2.05) is 0 Å². The maximum absolute atomic E-state index is 4.58. The van der Waals surface area contributed by atoms with Gasteiger partial charge in [0.25, 0.3) is 0 Å². The average Bonchev–Trinajstić information content (AvgIpc) is 2.71. The van der Waals surface area contributed by atoms with Gasteiger partial charge in [0.2, 0.25) is 0 Å². The average molecular weight is 205 g/mol. The molecule has 1 spiro atoms. The van der Waals surface area contributed by atoms with Crippen LogP contribution in [0.25, 0.3) is 0 Å². The van der Waals surface area contributed by atoms with Crippen LogP contribution in [0.3, 0.4) is 0 Å². The van der Waals surface area contributed by atoms with Crippen molar-refractivity contribution in [3.8, 4) is 0 Å². The third-order valence-electron chi connectivity index (χ3n) is 4.26. The van der Waals surface area contributed by atoms with Crippen molar-refractivity contribution in [1.29, 1.82) is 0 Å². The van der Waals surface area contributed by atoms with Crippen LogP contribution in [0.1, 0.15) is 36.2 Å². The summed E-state index contributed by atoms with van der Waals surface area (Å²) in [5, 5.41) is 8.04. The molecule has 1 N–H and O–H groups in total. The van der Waals surface area contributed by atoms with E-state index in [1.54, 1.807) is 11.3 Å². The van der Waals surface area contributed by atoms with Crippen molar-refractivity contribution in [2.45, 2.75) is 38.0 Å². The van der Waals surface area contributed by atoms with Gasteiger partial charge in [-0.15, -0.1) is 0 Å². The Kier molecular flexibility index (Phi) is 1.93. The van der Waals surface area contributed by atoms with Gasteiger partial charge in [-0.05, 0) is 51.3 Å². The summed E-state index contributed by atoms with van der Waals surface area (Å²) in [6.07, 6.45) is 5.17. The standard InChI is InChI=1S/C12H19N3/c1-9-10-3-4-12(5-7-13-8-6-12)11(10)15(2)14-9/h13H,3-8H2,1-2H3. The minimum atomic E-state index is 0.455. The molecular weight excluding hydrogens is 186 g/mol. The van der Waals surface area contributed by atoms with Crippen molar-refractivity contribution in [1.82, 2.24) is 15.1 Å². The van der Waals surface area contributed by atoms with E-state index in [2.05, 4.69) is 29.1 Å². The van der Waals surface area contributed by atoms with Crippen LogP contribution in [-0.2, 0) is 18.9 Å². The lowest BCUT2D eigenvalue weighted by Gasteiger charge is -2.34. The lowest BCUT2D eigenvalue weighted by molar-refractivity contribution is 0.290. The summed E-state index contributed by atoms with van der Waals surface area (Å²) in [6, 6.07) is 0. The van der Waals surface area contributed by atoms with Crippen LogP contribution in [0.4, 0.5) is 0 Å². The van der Waals surface area contributed by atoms with Gasteiger partial charge in [0.1, 0.15) is 0 Å². The second-order valence-electron chi connectivity index (χ2n) is 5.07. The van der Waals surface area contributed by atoms with Crippen molar-refractivity contribution in [2.24, 2.45) is 7.05 Å². The quantitative estimate of drug-likeness (QED) is 0.692. The second-order valence-corrected chi connectivity index (χ2v) is 5.07. The Morgan fingerprint density at radius 1 is 1.27 bits per heavy atom.